The summed E-state index contributed by atoms with van der Waals surface area (Å²) in [6.07, 6.45) is 0. The highest BCUT2D eigenvalue weighted by atomic mass is 32.2. The molecule has 7 heteroatoms. The van der Waals surface area contributed by atoms with E-state index >= 15 is 0 Å². The average Bonchev–Trinajstić information content (AvgIpc) is 2.61. The van der Waals surface area contributed by atoms with Gasteiger partial charge in [0.25, 0.3) is 10.0 Å². The topological polar surface area (TPSA) is 74.8 Å². The minimum Gasteiger partial charge on any atom is -0.280 e. The number of rotatable bonds is 3. The summed E-state index contributed by atoms with van der Waals surface area (Å²) in [5, 5.41) is 6.47. The van der Waals surface area contributed by atoms with E-state index in [-0.39, 0.29) is 5.82 Å². The number of sulfonamides is 1. The van der Waals surface area contributed by atoms with Crippen LogP contribution in [0.4, 0.5) is 10.2 Å². The fourth-order valence-corrected chi connectivity index (χ4v) is 2.58. The predicted molar refractivity (Wildman–Crippen MR) is 65.3 cm³/mol. The molecule has 0 saturated carbocycles. The van der Waals surface area contributed by atoms with Crippen molar-refractivity contribution < 1.29 is 12.8 Å². The maximum absolute atomic E-state index is 13.4. The number of hydrogen-bond donors (Lipinski definition) is 2. The lowest BCUT2D eigenvalue weighted by molar-refractivity contribution is 0.570. The Kier molecular flexibility index (Phi) is 3.08. The van der Waals surface area contributed by atoms with E-state index in [1.807, 2.05) is 0 Å². The lowest BCUT2D eigenvalue weighted by Gasteiger charge is -2.07. The second kappa shape index (κ2) is 4.41. The molecule has 0 bridgehead atoms. The van der Waals surface area contributed by atoms with Gasteiger partial charge in [0, 0.05) is 11.3 Å². The van der Waals surface area contributed by atoms with Crippen LogP contribution in [-0.2, 0) is 10.0 Å². The number of benzene rings is 1. The van der Waals surface area contributed by atoms with Crippen LogP contribution in [0.2, 0.25) is 0 Å². The van der Waals surface area contributed by atoms with E-state index in [1.54, 1.807) is 13.8 Å². The van der Waals surface area contributed by atoms with Crippen LogP contribution in [0.25, 0.3) is 0 Å². The first kappa shape index (κ1) is 12.6. The molecule has 0 saturated heterocycles. The Morgan fingerprint density at radius 3 is 2.50 bits per heavy atom. The summed E-state index contributed by atoms with van der Waals surface area (Å²) < 4.78 is 39.7. The van der Waals surface area contributed by atoms with Crippen molar-refractivity contribution in [2.75, 3.05) is 4.72 Å². The molecule has 0 radical (unpaired) electrons. The molecule has 2 aromatic rings. The van der Waals surface area contributed by atoms with Gasteiger partial charge in [-0.25, -0.2) is 12.8 Å². The third-order valence-electron chi connectivity index (χ3n) is 2.61. The van der Waals surface area contributed by atoms with E-state index in [2.05, 4.69) is 14.9 Å². The van der Waals surface area contributed by atoms with Crippen LogP contribution in [0, 0.1) is 19.7 Å². The Labute approximate surface area is 104 Å². The quantitative estimate of drug-likeness (QED) is 0.894. The maximum atomic E-state index is 13.4. The first-order chi connectivity index (χ1) is 8.42. The van der Waals surface area contributed by atoms with Gasteiger partial charge in [-0.3, -0.25) is 9.82 Å². The van der Waals surface area contributed by atoms with E-state index in [1.165, 1.54) is 18.2 Å². The highest BCUT2D eigenvalue weighted by Crippen LogP contribution is 2.20. The SMILES string of the molecule is Cc1[nH]nc(NS(=O)(=O)c2ccccc2F)c1C. The Morgan fingerprint density at radius 1 is 1.28 bits per heavy atom. The average molecular weight is 269 g/mol. The lowest BCUT2D eigenvalue weighted by Crippen LogP contribution is -2.15. The van der Waals surface area contributed by atoms with Gasteiger partial charge in [-0.15, -0.1) is 0 Å². The van der Waals surface area contributed by atoms with Gasteiger partial charge in [0.2, 0.25) is 0 Å². The molecule has 0 aliphatic heterocycles. The number of nitrogens with one attached hydrogen (secondary N) is 2. The van der Waals surface area contributed by atoms with Gasteiger partial charge in [-0.05, 0) is 26.0 Å². The van der Waals surface area contributed by atoms with E-state index in [9.17, 15) is 12.8 Å². The summed E-state index contributed by atoms with van der Waals surface area (Å²) >= 11 is 0. The molecule has 0 amide bonds. The zero-order valence-corrected chi connectivity index (χ0v) is 10.7. The summed E-state index contributed by atoms with van der Waals surface area (Å²) in [7, 11) is -3.96. The fourth-order valence-electron chi connectivity index (χ4n) is 1.43. The molecule has 0 aliphatic rings. The van der Waals surface area contributed by atoms with Crippen LogP contribution < -0.4 is 4.72 Å². The van der Waals surface area contributed by atoms with Crippen LogP contribution in [0.1, 0.15) is 11.3 Å². The Hall–Kier alpha value is -1.89. The van der Waals surface area contributed by atoms with Crippen LogP contribution in [-0.4, -0.2) is 18.6 Å². The number of H-pyrrole nitrogens is 1. The van der Waals surface area contributed by atoms with E-state index in [0.717, 1.165) is 11.8 Å². The van der Waals surface area contributed by atoms with Gasteiger partial charge >= 0.3 is 0 Å². The molecule has 0 atom stereocenters. The summed E-state index contributed by atoms with van der Waals surface area (Å²) in [6.45, 7) is 3.49. The number of halogens is 1. The molecule has 18 heavy (non-hydrogen) atoms. The van der Waals surface area contributed by atoms with Crippen molar-refractivity contribution in [1.29, 1.82) is 0 Å². The zero-order chi connectivity index (χ0) is 13.3. The number of aryl methyl sites for hydroxylation is 1. The van der Waals surface area contributed by atoms with Crippen molar-refractivity contribution in [3.05, 3.63) is 41.3 Å². The van der Waals surface area contributed by atoms with Gasteiger partial charge in [-0.2, -0.15) is 5.10 Å². The first-order valence-corrected chi connectivity index (χ1v) is 6.69. The Morgan fingerprint density at radius 2 is 1.94 bits per heavy atom. The number of aromatic amines is 1. The second-order valence-corrected chi connectivity index (χ2v) is 5.51. The van der Waals surface area contributed by atoms with E-state index < -0.39 is 20.7 Å². The Balaban J connectivity index is 2.40. The molecule has 0 aliphatic carbocycles. The zero-order valence-electron chi connectivity index (χ0n) is 9.86. The smallest absolute Gasteiger partial charge is 0.266 e. The number of aromatic nitrogens is 2. The number of anilines is 1. The van der Waals surface area contributed by atoms with Crippen LogP contribution >= 0.6 is 0 Å². The van der Waals surface area contributed by atoms with Crippen LogP contribution in [0.5, 0.6) is 0 Å². The van der Waals surface area contributed by atoms with Crippen LogP contribution in [0.3, 0.4) is 0 Å². The predicted octanol–water partition coefficient (Wildman–Crippen LogP) is 1.97. The molecule has 1 aromatic heterocycles. The largest absolute Gasteiger partial charge is 0.280 e. The first-order valence-electron chi connectivity index (χ1n) is 5.21. The lowest BCUT2D eigenvalue weighted by atomic mass is 10.3. The summed E-state index contributed by atoms with van der Waals surface area (Å²) in [5.41, 5.74) is 1.43. The summed E-state index contributed by atoms with van der Waals surface area (Å²) in [5.74, 6) is -0.620. The molecular formula is C11H12FN3O2S. The highest BCUT2D eigenvalue weighted by Gasteiger charge is 2.20. The van der Waals surface area contributed by atoms with Gasteiger partial charge < -0.3 is 0 Å². The standard InChI is InChI=1S/C11H12FN3O2S/c1-7-8(2)13-14-11(7)15-18(16,17)10-6-4-3-5-9(10)12/h3-6H,1-2H3,(H2,13,14,15). The van der Waals surface area contributed by atoms with Crippen LogP contribution in [0.15, 0.2) is 29.2 Å². The molecule has 0 spiro atoms. The Bertz CT molecular complexity index is 679. The highest BCUT2D eigenvalue weighted by molar-refractivity contribution is 7.92. The van der Waals surface area contributed by atoms with Crippen molar-refractivity contribution in [1.82, 2.24) is 10.2 Å². The minimum atomic E-state index is -3.96. The third-order valence-corrected chi connectivity index (χ3v) is 3.98. The monoisotopic (exact) mass is 269 g/mol. The summed E-state index contributed by atoms with van der Waals surface area (Å²) in [6, 6.07) is 5.18. The van der Waals surface area contributed by atoms with Crippen molar-refractivity contribution in [2.24, 2.45) is 0 Å². The summed E-state index contributed by atoms with van der Waals surface area (Å²) in [4.78, 5) is -0.398. The van der Waals surface area contributed by atoms with Crippen molar-refractivity contribution in [3.63, 3.8) is 0 Å². The molecular weight excluding hydrogens is 257 g/mol. The van der Waals surface area contributed by atoms with Gasteiger partial charge in [0.1, 0.15) is 10.7 Å². The third kappa shape index (κ3) is 2.21. The molecule has 2 N–H and O–H groups in total. The second-order valence-electron chi connectivity index (χ2n) is 3.86. The molecule has 0 unspecified atom stereocenters. The van der Waals surface area contributed by atoms with Crippen molar-refractivity contribution in [2.45, 2.75) is 18.7 Å². The minimum absolute atomic E-state index is 0.177. The van der Waals surface area contributed by atoms with Gasteiger partial charge in [-0.1, -0.05) is 12.1 Å². The van der Waals surface area contributed by atoms with Crippen molar-refractivity contribution >= 4 is 15.8 Å². The molecule has 96 valence electrons. The fraction of sp³-hybridized carbons (Fsp3) is 0.182. The molecule has 0 fully saturated rings. The van der Waals surface area contributed by atoms with E-state index in [4.69, 9.17) is 0 Å². The molecule has 1 heterocycles. The number of nitrogens with zero attached hydrogens (tertiary/aromatic N) is 1. The number of hydrogen-bond acceptors (Lipinski definition) is 3. The van der Waals surface area contributed by atoms with Gasteiger partial charge in [0.05, 0.1) is 0 Å². The normalized spacial score (nSPS) is 11.5. The van der Waals surface area contributed by atoms with Gasteiger partial charge in [0.15, 0.2) is 5.82 Å². The maximum Gasteiger partial charge on any atom is 0.266 e. The molecule has 2 rings (SSSR count). The molecule has 5 nitrogen and oxygen atoms in total. The van der Waals surface area contributed by atoms with Crippen molar-refractivity contribution in [3.8, 4) is 0 Å². The van der Waals surface area contributed by atoms with E-state index in [0.29, 0.717) is 5.56 Å². The molecule has 1 aromatic carbocycles.